The fraction of sp³-hybridized carbons (Fsp3) is 0.400. The number of amides is 1. The summed E-state index contributed by atoms with van der Waals surface area (Å²) in [6.07, 6.45) is 2.58. The van der Waals surface area contributed by atoms with Crippen LogP contribution in [-0.2, 0) is 4.79 Å². The molecule has 0 radical (unpaired) electrons. The number of hydrogen-bond donors (Lipinski definition) is 1. The van der Waals surface area contributed by atoms with Gasteiger partial charge in [0.25, 0.3) is 0 Å². The molecule has 1 rings (SSSR count). The molecular formula is C5H9N3OS. The zero-order chi connectivity index (χ0) is 7.40. The predicted molar refractivity (Wildman–Crippen MR) is 40.1 cm³/mol. The minimum Gasteiger partial charge on any atom is -0.277 e. The molecule has 1 heterocycles. The minimum atomic E-state index is 0.668. The monoisotopic (exact) mass is 159 g/mol. The van der Waals surface area contributed by atoms with Gasteiger partial charge in [-0.05, 0) is 18.9 Å². The van der Waals surface area contributed by atoms with Crippen molar-refractivity contribution in [3.63, 3.8) is 0 Å². The molecule has 1 amide bonds. The molecule has 0 saturated heterocycles. The number of nitrogens with one attached hydrogen (secondary N) is 1. The van der Waals surface area contributed by atoms with Gasteiger partial charge in [0, 0.05) is 18.2 Å². The van der Waals surface area contributed by atoms with E-state index in [1.165, 1.54) is 17.0 Å². The number of carbonyl (C=O) groups is 1. The van der Waals surface area contributed by atoms with Crippen LogP contribution >= 0.6 is 11.9 Å². The van der Waals surface area contributed by atoms with Gasteiger partial charge in [0.05, 0.1) is 0 Å². The summed E-state index contributed by atoms with van der Waals surface area (Å²) in [5.41, 5.74) is 0. The summed E-state index contributed by atoms with van der Waals surface area (Å²) in [7, 11) is 0. The molecule has 4 nitrogen and oxygen atoms in total. The first-order valence-corrected chi connectivity index (χ1v) is 3.85. The van der Waals surface area contributed by atoms with E-state index in [-0.39, 0.29) is 0 Å². The van der Waals surface area contributed by atoms with E-state index in [2.05, 4.69) is 4.83 Å². The van der Waals surface area contributed by atoms with E-state index in [1.807, 2.05) is 12.3 Å². The summed E-state index contributed by atoms with van der Waals surface area (Å²) in [6.45, 7) is 2.58. The highest BCUT2D eigenvalue weighted by Crippen LogP contribution is 2.09. The molecule has 1 aliphatic heterocycles. The van der Waals surface area contributed by atoms with Crippen molar-refractivity contribution in [3.05, 3.63) is 11.6 Å². The number of hydrazine groups is 2. The van der Waals surface area contributed by atoms with Crippen LogP contribution in [0.25, 0.3) is 0 Å². The number of nitrogens with zero attached hydrogens (tertiary/aromatic N) is 2. The Hall–Kier alpha value is -0.680. The molecule has 0 aliphatic carbocycles. The Bertz CT molecular complexity index is 150. The average molecular weight is 159 g/mol. The van der Waals surface area contributed by atoms with Crippen LogP contribution in [0.3, 0.4) is 0 Å². The maximum Gasteiger partial charge on any atom is 0.229 e. The summed E-state index contributed by atoms with van der Waals surface area (Å²) < 4.78 is 0. The van der Waals surface area contributed by atoms with Crippen molar-refractivity contribution in [1.82, 2.24) is 15.0 Å². The Morgan fingerprint density at radius 3 is 3.10 bits per heavy atom. The zero-order valence-electron chi connectivity index (χ0n) is 5.65. The summed E-state index contributed by atoms with van der Waals surface area (Å²) >= 11 is 1.44. The van der Waals surface area contributed by atoms with Gasteiger partial charge in [-0.2, -0.15) is 4.83 Å². The first kappa shape index (κ1) is 7.43. The SMILES string of the molecule is CCN(C=O)N1C=CSN1. The molecule has 5 heteroatoms. The third kappa shape index (κ3) is 1.43. The molecule has 10 heavy (non-hydrogen) atoms. The number of rotatable bonds is 3. The molecule has 0 bridgehead atoms. The lowest BCUT2D eigenvalue weighted by molar-refractivity contribution is -0.131. The van der Waals surface area contributed by atoms with Crippen LogP contribution in [0.4, 0.5) is 0 Å². The normalized spacial score (nSPS) is 15.9. The zero-order valence-corrected chi connectivity index (χ0v) is 6.47. The van der Waals surface area contributed by atoms with Crippen molar-refractivity contribution in [2.24, 2.45) is 0 Å². The van der Waals surface area contributed by atoms with Crippen LogP contribution in [0.5, 0.6) is 0 Å². The Morgan fingerprint density at radius 2 is 2.70 bits per heavy atom. The standard InChI is InChI=1S/C5H9N3OS/c1-2-7(5-9)8-3-4-10-6-8/h3-6H,2H2,1H3. The molecule has 0 fully saturated rings. The van der Waals surface area contributed by atoms with Gasteiger partial charge < -0.3 is 0 Å². The van der Waals surface area contributed by atoms with E-state index in [0.717, 1.165) is 6.41 Å². The van der Waals surface area contributed by atoms with Crippen LogP contribution in [0.15, 0.2) is 11.6 Å². The molecule has 1 N–H and O–H groups in total. The molecule has 0 atom stereocenters. The minimum absolute atomic E-state index is 0.668. The second-order valence-electron chi connectivity index (χ2n) is 1.70. The smallest absolute Gasteiger partial charge is 0.229 e. The van der Waals surface area contributed by atoms with Gasteiger partial charge in [-0.25, -0.2) is 10.1 Å². The highest BCUT2D eigenvalue weighted by molar-refractivity contribution is 8.00. The third-order valence-corrected chi connectivity index (χ3v) is 1.69. The van der Waals surface area contributed by atoms with Crippen LogP contribution in [-0.4, -0.2) is 23.1 Å². The van der Waals surface area contributed by atoms with Gasteiger partial charge in [0.15, 0.2) is 0 Å². The van der Waals surface area contributed by atoms with Gasteiger partial charge >= 0.3 is 0 Å². The van der Waals surface area contributed by atoms with Crippen molar-refractivity contribution in [2.75, 3.05) is 6.54 Å². The predicted octanol–water partition coefficient (Wildman–Crippen LogP) is 0.319. The summed E-state index contributed by atoms with van der Waals surface area (Å²) in [6, 6.07) is 0. The van der Waals surface area contributed by atoms with Crippen molar-refractivity contribution >= 4 is 18.4 Å². The van der Waals surface area contributed by atoms with Gasteiger partial charge in [-0.3, -0.25) is 4.79 Å². The fourth-order valence-electron chi connectivity index (χ4n) is 0.619. The fourth-order valence-corrected chi connectivity index (χ4v) is 1.13. The quantitative estimate of drug-likeness (QED) is 0.475. The first-order valence-electron chi connectivity index (χ1n) is 2.97. The maximum absolute atomic E-state index is 10.3. The lowest BCUT2D eigenvalue weighted by Crippen LogP contribution is -2.41. The van der Waals surface area contributed by atoms with Gasteiger partial charge in [-0.1, -0.05) is 0 Å². The third-order valence-electron chi connectivity index (χ3n) is 1.14. The molecule has 0 saturated carbocycles. The Balaban J connectivity index is 2.44. The van der Waals surface area contributed by atoms with Crippen LogP contribution in [0, 0.1) is 0 Å². The summed E-state index contributed by atoms with van der Waals surface area (Å²) in [5.74, 6) is 0. The second kappa shape index (κ2) is 3.48. The largest absolute Gasteiger partial charge is 0.277 e. The van der Waals surface area contributed by atoms with E-state index < -0.39 is 0 Å². The van der Waals surface area contributed by atoms with E-state index >= 15 is 0 Å². The first-order chi connectivity index (χ1) is 4.88. The lowest BCUT2D eigenvalue weighted by Gasteiger charge is -2.25. The molecule has 1 aliphatic rings. The van der Waals surface area contributed by atoms with E-state index in [0.29, 0.717) is 6.54 Å². The molecule has 0 spiro atoms. The molecule has 0 aromatic carbocycles. The summed E-state index contributed by atoms with van der Waals surface area (Å²) in [4.78, 5) is 13.2. The Morgan fingerprint density at radius 1 is 1.90 bits per heavy atom. The van der Waals surface area contributed by atoms with Crippen molar-refractivity contribution in [2.45, 2.75) is 6.92 Å². The number of carbonyl (C=O) groups excluding carboxylic acids is 1. The highest BCUT2D eigenvalue weighted by atomic mass is 32.2. The Kier molecular flexibility index (Phi) is 2.58. The van der Waals surface area contributed by atoms with Crippen LogP contribution in [0.1, 0.15) is 6.92 Å². The molecule has 0 aromatic rings. The average Bonchev–Trinajstić information content (AvgIpc) is 2.43. The van der Waals surface area contributed by atoms with E-state index in [4.69, 9.17) is 0 Å². The Labute approximate surface area is 63.9 Å². The lowest BCUT2D eigenvalue weighted by atomic mass is 10.7. The maximum atomic E-state index is 10.3. The van der Waals surface area contributed by atoms with Gasteiger partial charge in [0.1, 0.15) is 0 Å². The molecular weight excluding hydrogens is 150 g/mol. The van der Waals surface area contributed by atoms with Crippen LogP contribution in [0.2, 0.25) is 0 Å². The number of hydrogen-bond acceptors (Lipinski definition) is 4. The molecule has 0 aromatic heterocycles. The van der Waals surface area contributed by atoms with Gasteiger partial charge in [-0.15, -0.1) is 0 Å². The van der Waals surface area contributed by atoms with Crippen molar-refractivity contribution in [3.8, 4) is 0 Å². The van der Waals surface area contributed by atoms with E-state index in [1.54, 1.807) is 11.3 Å². The van der Waals surface area contributed by atoms with Crippen molar-refractivity contribution < 1.29 is 4.79 Å². The summed E-state index contributed by atoms with van der Waals surface area (Å²) in [5, 5.41) is 5.03. The highest BCUT2D eigenvalue weighted by Gasteiger charge is 2.09. The topological polar surface area (TPSA) is 35.6 Å². The molecule has 56 valence electrons. The van der Waals surface area contributed by atoms with Crippen LogP contribution < -0.4 is 4.83 Å². The van der Waals surface area contributed by atoms with Gasteiger partial charge in [0.2, 0.25) is 6.41 Å². The second-order valence-corrected chi connectivity index (χ2v) is 2.39. The van der Waals surface area contributed by atoms with E-state index in [9.17, 15) is 4.79 Å². The molecule has 0 unspecified atom stereocenters. The van der Waals surface area contributed by atoms with Crippen molar-refractivity contribution in [1.29, 1.82) is 0 Å².